The van der Waals surface area contributed by atoms with E-state index in [-0.39, 0.29) is 10.6 Å². The molecule has 0 aliphatic heterocycles. The minimum absolute atomic E-state index is 0.0416. The van der Waals surface area contributed by atoms with Crippen molar-refractivity contribution in [3.63, 3.8) is 0 Å². The molecule has 0 amide bonds. The summed E-state index contributed by atoms with van der Waals surface area (Å²) in [4.78, 5) is 13.6. The minimum Gasteiger partial charge on any atom is -0.386 e. The predicted octanol–water partition coefficient (Wildman–Crippen LogP) is 3.78. The van der Waals surface area contributed by atoms with Crippen molar-refractivity contribution in [3.05, 3.63) is 37.9 Å². The van der Waals surface area contributed by atoms with Gasteiger partial charge in [-0.05, 0) is 77.3 Å². The van der Waals surface area contributed by atoms with Crippen LogP contribution in [0.4, 0.5) is 11.6 Å². The van der Waals surface area contributed by atoms with Crippen LogP contribution in [0, 0.1) is 3.57 Å². The van der Waals surface area contributed by atoms with E-state index in [4.69, 9.17) is 23.2 Å². The van der Waals surface area contributed by atoms with Gasteiger partial charge in [-0.2, -0.15) is 15.0 Å². The summed E-state index contributed by atoms with van der Waals surface area (Å²) in [7, 11) is 1.81. The van der Waals surface area contributed by atoms with Gasteiger partial charge in [-0.25, -0.2) is 0 Å². The van der Waals surface area contributed by atoms with Crippen molar-refractivity contribution >= 4 is 57.4 Å². The molecule has 0 radical (unpaired) electrons. The van der Waals surface area contributed by atoms with Crippen molar-refractivity contribution in [1.82, 2.24) is 15.0 Å². The Balaban J connectivity index is 2.42. The molecular formula is C13H13Cl2IN4O. The quantitative estimate of drug-likeness (QED) is 0.739. The van der Waals surface area contributed by atoms with Gasteiger partial charge >= 0.3 is 0 Å². The van der Waals surface area contributed by atoms with E-state index >= 15 is 0 Å². The van der Waals surface area contributed by atoms with Gasteiger partial charge in [0.15, 0.2) is 0 Å². The van der Waals surface area contributed by atoms with E-state index in [1.807, 2.05) is 25.2 Å². The number of benzene rings is 1. The number of aliphatic hydroxyl groups is 1. The van der Waals surface area contributed by atoms with Crippen molar-refractivity contribution in [1.29, 1.82) is 0 Å². The number of anilines is 2. The zero-order valence-corrected chi connectivity index (χ0v) is 15.3. The van der Waals surface area contributed by atoms with Crippen LogP contribution in [-0.2, 0) is 5.60 Å². The minimum atomic E-state index is -0.892. The number of aromatic nitrogens is 3. The van der Waals surface area contributed by atoms with E-state index in [0.29, 0.717) is 5.95 Å². The highest BCUT2D eigenvalue weighted by atomic mass is 127. The normalized spacial score (nSPS) is 11.6. The van der Waals surface area contributed by atoms with Gasteiger partial charge in [0.25, 0.3) is 0 Å². The largest absolute Gasteiger partial charge is 0.386 e. The fourth-order valence-corrected chi connectivity index (χ4v) is 2.97. The molecule has 1 N–H and O–H groups in total. The van der Waals surface area contributed by atoms with E-state index in [1.54, 1.807) is 18.7 Å². The summed E-state index contributed by atoms with van der Waals surface area (Å²) in [6.45, 7) is 3.49. The van der Waals surface area contributed by atoms with Gasteiger partial charge in [-0.15, -0.1) is 0 Å². The molecule has 21 heavy (non-hydrogen) atoms. The molecule has 8 heteroatoms. The average Bonchev–Trinajstić information content (AvgIpc) is 2.35. The molecule has 0 atom stereocenters. The molecule has 2 aromatic rings. The van der Waals surface area contributed by atoms with Crippen molar-refractivity contribution in [2.75, 3.05) is 11.9 Å². The Labute approximate surface area is 146 Å². The summed E-state index contributed by atoms with van der Waals surface area (Å²) < 4.78 is 0.947. The summed E-state index contributed by atoms with van der Waals surface area (Å²) in [6.07, 6.45) is 0. The topological polar surface area (TPSA) is 62.1 Å². The maximum absolute atomic E-state index is 10.0. The number of rotatable bonds is 3. The molecule has 0 spiro atoms. The van der Waals surface area contributed by atoms with Gasteiger partial charge in [0.1, 0.15) is 0 Å². The Morgan fingerprint density at radius 1 is 1.14 bits per heavy atom. The molecule has 1 aromatic carbocycles. The molecule has 0 unspecified atom stereocenters. The first-order valence-corrected chi connectivity index (χ1v) is 7.85. The summed E-state index contributed by atoms with van der Waals surface area (Å²) in [5, 5.41) is 10.1. The first-order valence-electron chi connectivity index (χ1n) is 6.01. The second-order valence-electron chi connectivity index (χ2n) is 4.96. The number of halogens is 3. The van der Waals surface area contributed by atoms with Gasteiger partial charge < -0.3 is 10.0 Å². The maximum Gasteiger partial charge on any atom is 0.235 e. The summed E-state index contributed by atoms with van der Waals surface area (Å²) in [6, 6.07) is 5.66. The molecule has 2 rings (SSSR count). The Kier molecular flexibility index (Phi) is 4.92. The third-order valence-electron chi connectivity index (χ3n) is 2.88. The lowest BCUT2D eigenvalue weighted by atomic mass is 9.98. The van der Waals surface area contributed by atoms with Crippen LogP contribution in [0.2, 0.25) is 10.6 Å². The van der Waals surface area contributed by atoms with Crippen LogP contribution in [0.15, 0.2) is 18.2 Å². The highest BCUT2D eigenvalue weighted by Crippen LogP contribution is 2.31. The van der Waals surface area contributed by atoms with E-state index in [9.17, 15) is 5.11 Å². The molecule has 112 valence electrons. The zero-order valence-electron chi connectivity index (χ0n) is 11.6. The zero-order chi connectivity index (χ0) is 15.8. The van der Waals surface area contributed by atoms with Crippen molar-refractivity contribution in [3.8, 4) is 0 Å². The Morgan fingerprint density at radius 3 is 2.19 bits per heavy atom. The van der Waals surface area contributed by atoms with E-state index < -0.39 is 5.60 Å². The van der Waals surface area contributed by atoms with Crippen LogP contribution in [0.25, 0.3) is 0 Å². The molecule has 1 aromatic heterocycles. The standard InChI is InChI=1S/C13H13Cl2IN4O/c1-13(2,21)7-4-5-9(8(16)6-7)20(3)12-18-10(14)17-11(15)19-12/h4-6,21H,1-3H3. The molecule has 0 bridgehead atoms. The first-order chi connectivity index (χ1) is 9.68. The molecular weight excluding hydrogens is 426 g/mol. The van der Waals surface area contributed by atoms with Crippen molar-refractivity contribution in [2.45, 2.75) is 19.4 Å². The van der Waals surface area contributed by atoms with E-state index in [2.05, 4.69) is 37.5 Å². The van der Waals surface area contributed by atoms with Gasteiger partial charge in [-0.1, -0.05) is 6.07 Å². The van der Waals surface area contributed by atoms with Crippen LogP contribution < -0.4 is 4.90 Å². The third-order valence-corrected chi connectivity index (χ3v) is 4.09. The highest BCUT2D eigenvalue weighted by molar-refractivity contribution is 14.1. The van der Waals surface area contributed by atoms with Gasteiger partial charge in [0, 0.05) is 10.6 Å². The Bertz CT molecular complexity index is 655. The molecule has 0 aliphatic carbocycles. The highest BCUT2D eigenvalue weighted by Gasteiger charge is 2.19. The Morgan fingerprint density at radius 2 is 1.71 bits per heavy atom. The molecule has 5 nitrogen and oxygen atoms in total. The summed E-state index contributed by atoms with van der Waals surface area (Å²) in [5.74, 6) is 0.355. The van der Waals surface area contributed by atoms with Gasteiger partial charge in [0.05, 0.1) is 11.3 Å². The SMILES string of the molecule is CN(c1nc(Cl)nc(Cl)n1)c1ccc(C(C)(C)O)cc1I. The van der Waals surface area contributed by atoms with Crippen LogP contribution in [0.5, 0.6) is 0 Å². The molecule has 0 fully saturated rings. The monoisotopic (exact) mass is 438 g/mol. The van der Waals surface area contributed by atoms with Gasteiger partial charge in [0.2, 0.25) is 16.5 Å². The smallest absolute Gasteiger partial charge is 0.235 e. The molecule has 0 aliphatic rings. The lowest BCUT2D eigenvalue weighted by Gasteiger charge is -2.22. The number of nitrogens with zero attached hydrogens (tertiary/aromatic N) is 4. The fourth-order valence-electron chi connectivity index (χ4n) is 1.73. The maximum atomic E-state index is 10.0. The average molecular weight is 439 g/mol. The van der Waals surface area contributed by atoms with Crippen molar-refractivity contribution in [2.24, 2.45) is 0 Å². The van der Waals surface area contributed by atoms with Crippen molar-refractivity contribution < 1.29 is 5.11 Å². The van der Waals surface area contributed by atoms with Crippen LogP contribution in [-0.4, -0.2) is 27.1 Å². The second-order valence-corrected chi connectivity index (χ2v) is 6.80. The van der Waals surface area contributed by atoms with Crippen LogP contribution in [0.1, 0.15) is 19.4 Å². The summed E-state index contributed by atoms with van der Waals surface area (Å²) >= 11 is 13.8. The molecule has 0 saturated heterocycles. The van der Waals surface area contributed by atoms with E-state index in [1.165, 1.54) is 0 Å². The van der Waals surface area contributed by atoms with Crippen LogP contribution in [0.3, 0.4) is 0 Å². The number of hydrogen-bond donors (Lipinski definition) is 1. The van der Waals surface area contributed by atoms with E-state index in [0.717, 1.165) is 14.8 Å². The molecule has 0 saturated carbocycles. The summed E-state index contributed by atoms with van der Waals surface area (Å²) in [5.41, 5.74) is 0.814. The van der Waals surface area contributed by atoms with Gasteiger partial charge in [-0.3, -0.25) is 0 Å². The first kappa shape index (κ1) is 16.7. The number of hydrogen-bond acceptors (Lipinski definition) is 5. The van der Waals surface area contributed by atoms with Crippen LogP contribution >= 0.6 is 45.8 Å². The second kappa shape index (κ2) is 6.20. The molecule has 1 heterocycles. The lowest BCUT2D eigenvalue weighted by molar-refractivity contribution is 0.0785. The third kappa shape index (κ3) is 3.94. The predicted molar refractivity (Wildman–Crippen MR) is 92.3 cm³/mol. The fraction of sp³-hybridized carbons (Fsp3) is 0.308. The Hall–Kier alpha value is -0.700. The lowest BCUT2D eigenvalue weighted by Crippen LogP contribution is -2.18.